The Hall–Kier alpha value is -0.860. The number of benzene rings is 1. The maximum absolute atomic E-state index is 11.5. The van der Waals surface area contributed by atoms with E-state index in [-0.39, 0.29) is 5.78 Å². The largest absolute Gasteiger partial charge is 0.293 e. The van der Waals surface area contributed by atoms with Crippen LogP contribution in [0.3, 0.4) is 0 Å². The van der Waals surface area contributed by atoms with Gasteiger partial charge in [-0.1, -0.05) is 11.6 Å². The molecule has 0 N–H and O–H groups in total. The number of ketones is 1. The fourth-order valence-electron chi connectivity index (χ4n) is 1.16. The number of hydrogen-bond acceptors (Lipinski definition) is 2. The first-order chi connectivity index (χ1) is 6.25. The molecule has 2 nitrogen and oxygen atoms in total. The van der Waals surface area contributed by atoms with E-state index in [1.54, 1.807) is 24.3 Å². The molecule has 0 spiro atoms. The number of carbonyl (C=O) groups is 1. The first kappa shape index (κ1) is 8.73. The molecular weight excluding hydrogens is 186 g/mol. The van der Waals surface area contributed by atoms with E-state index < -0.39 is 0 Å². The lowest BCUT2D eigenvalue weighted by Gasteiger charge is -2.00. The van der Waals surface area contributed by atoms with E-state index in [1.165, 1.54) is 0 Å². The molecule has 0 bridgehead atoms. The zero-order chi connectivity index (χ0) is 9.26. The lowest BCUT2D eigenvalue weighted by atomic mass is 10.1. The maximum atomic E-state index is 11.5. The van der Waals surface area contributed by atoms with Gasteiger partial charge in [-0.25, -0.2) is 0 Å². The minimum absolute atomic E-state index is 0.175. The van der Waals surface area contributed by atoms with Gasteiger partial charge in [0, 0.05) is 23.7 Å². The van der Waals surface area contributed by atoms with Crippen LogP contribution in [0.2, 0.25) is 5.02 Å². The highest BCUT2D eigenvalue weighted by Crippen LogP contribution is 2.12. The predicted octanol–water partition coefficient (Wildman–Crippen LogP) is 1.84. The van der Waals surface area contributed by atoms with Crippen molar-refractivity contribution in [3.63, 3.8) is 0 Å². The Balaban J connectivity index is 2.05. The van der Waals surface area contributed by atoms with E-state index in [1.807, 2.05) is 0 Å². The van der Waals surface area contributed by atoms with Gasteiger partial charge >= 0.3 is 0 Å². The lowest BCUT2D eigenvalue weighted by molar-refractivity contribution is 0.0974. The molecule has 13 heavy (non-hydrogen) atoms. The van der Waals surface area contributed by atoms with Gasteiger partial charge < -0.3 is 0 Å². The molecule has 0 atom stereocenters. The fourth-order valence-corrected chi connectivity index (χ4v) is 1.28. The topological polar surface area (TPSA) is 20.1 Å². The van der Waals surface area contributed by atoms with E-state index in [2.05, 4.69) is 4.90 Å². The smallest absolute Gasteiger partial charge is 0.176 e. The van der Waals surface area contributed by atoms with Crippen molar-refractivity contribution < 1.29 is 4.79 Å². The average molecular weight is 196 g/mol. The van der Waals surface area contributed by atoms with Crippen LogP contribution < -0.4 is 0 Å². The first-order valence-corrected chi connectivity index (χ1v) is 4.64. The van der Waals surface area contributed by atoms with Crippen LogP contribution >= 0.6 is 11.6 Å². The molecule has 68 valence electrons. The zero-order valence-corrected chi connectivity index (χ0v) is 7.92. The number of halogens is 1. The Morgan fingerprint density at radius 1 is 1.31 bits per heavy atom. The number of rotatable bonds is 3. The second-order valence-electron chi connectivity index (χ2n) is 3.21. The molecule has 1 saturated heterocycles. The molecule has 1 aliphatic heterocycles. The molecule has 0 unspecified atom stereocenters. The quantitative estimate of drug-likeness (QED) is 0.542. The second-order valence-corrected chi connectivity index (χ2v) is 3.64. The van der Waals surface area contributed by atoms with Crippen molar-refractivity contribution >= 4 is 17.4 Å². The van der Waals surface area contributed by atoms with E-state index >= 15 is 0 Å². The van der Waals surface area contributed by atoms with Gasteiger partial charge in [-0.3, -0.25) is 9.69 Å². The zero-order valence-electron chi connectivity index (χ0n) is 7.16. The SMILES string of the molecule is O=C(CN1CC1)c1ccc(Cl)cc1. The summed E-state index contributed by atoms with van der Waals surface area (Å²) in [6.45, 7) is 2.65. The molecule has 1 fully saturated rings. The molecule has 0 saturated carbocycles. The fraction of sp³-hybridized carbons (Fsp3) is 0.300. The second kappa shape index (κ2) is 3.48. The summed E-state index contributed by atoms with van der Waals surface area (Å²) >= 11 is 5.71. The number of Topliss-reactive ketones (excluding diaryl/α,β-unsaturated/α-hetero) is 1. The molecule has 3 heteroatoms. The van der Waals surface area contributed by atoms with Crippen molar-refractivity contribution in [2.24, 2.45) is 0 Å². The van der Waals surface area contributed by atoms with Crippen molar-refractivity contribution in [2.45, 2.75) is 0 Å². The van der Waals surface area contributed by atoms with Crippen molar-refractivity contribution in [1.29, 1.82) is 0 Å². The van der Waals surface area contributed by atoms with Crippen LogP contribution in [-0.4, -0.2) is 30.3 Å². The van der Waals surface area contributed by atoms with Crippen LogP contribution in [0.1, 0.15) is 10.4 Å². The monoisotopic (exact) mass is 195 g/mol. The molecule has 0 amide bonds. The van der Waals surface area contributed by atoms with Gasteiger partial charge in [0.25, 0.3) is 0 Å². The van der Waals surface area contributed by atoms with Gasteiger partial charge in [0.2, 0.25) is 0 Å². The van der Waals surface area contributed by atoms with Crippen LogP contribution in [-0.2, 0) is 0 Å². The van der Waals surface area contributed by atoms with Crippen LogP contribution in [0.15, 0.2) is 24.3 Å². The number of carbonyl (C=O) groups excluding carboxylic acids is 1. The van der Waals surface area contributed by atoms with Gasteiger partial charge in [0.05, 0.1) is 6.54 Å². The summed E-state index contributed by atoms with van der Waals surface area (Å²) in [5, 5.41) is 0.670. The molecule has 1 aromatic carbocycles. The van der Waals surface area contributed by atoms with Crippen molar-refractivity contribution in [3.05, 3.63) is 34.9 Å². The number of nitrogens with zero attached hydrogens (tertiary/aromatic N) is 1. The summed E-state index contributed by atoms with van der Waals surface area (Å²) in [5.41, 5.74) is 0.747. The lowest BCUT2D eigenvalue weighted by Crippen LogP contribution is -2.12. The Bertz CT molecular complexity index is 316. The van der Waals surface area contributed by atoms with Gasteiger partial charge in [0.1, 0.15) is 0 Å². The molecule has 2 rings (SSSR count). The van der Waals surface area contributed by atoms with Crippen LogP contribution in [0, 0.1) is 0 Å². The molecule has 1 heterocycles. The van der Waals surface area contributed by atoms with Crippen molar-refractivity contribution in [2.75, 3.05) is 19.6 Å². The van der Waals surface area contributed by atoms with Crippen LogP contribution in [0.25, 0.3) is 0 Å². The van der Waals surface area contributed by atoms with E-state index in [9.17, 15) is 4.79 Å². The third-order valence-electron chi connectivity index (χ3n) is 2.07. The molecule has 0 aliphatic carbocycles. The Morgan fingerprint density at radius 2 is 1.92 bits per heavy atom. The molecular formula is C10H10ClNO. The van der Waals surface area contributed by atoms with Crippen LogP contribution in [0.5, 0.6) is 0 Å². The summed E-state index contributed by atoms with van der Waals surface area (Å²) in [5.74, 6) is 0.175. The van der Waals surface area contributed by atoms with E-state index in [0.29, 0.717) is 11.6 Å². The summed E-state index contributed by atoms with van der Waals surface area (Å²) in [7, 11) is 0. The first-order valence-electron chi connectivity index (χ1n) is 4.27. The minimum atomic E-state index is 0.175. The third kappa shape index (κ3) is 2.29. The van der Waals surface area contributed by atoms with E-state index in [0.717, 1.165) is 18.7 Å². The average Bonchev–Trinajstić information content (AvgIpc) is 2.89. The highest BCUT2D eigenvalue weighted by atomic mass is 35.5. The highest BCUT2D eigenvalue weighted by Gasteiger charge is 2.20. The normalized spacial score (nSPS) is 15.8. The van der Waals surface area contributed by atoms with Gasteiger partial charge in [-0.15, -0.1) is 0 Å². The molecule has 0 aromatic heterocycles. The Morgan fingerprint density at radius 3 is 2.46 bits per heavy atom. The Labute approximate surface area is 82.1 Å². The standard InChI is InChI=1S/C10H10ClNO/c11-9-3-1-8(2-4-9)10(13)7-12-5-6-12/h1-4H,5-7H2. The van der Waals surface area contributed by atoms with Gasteiger partial charge in [-0.05, 0) is 24.3 Å². The summed E-state index contributed by atoms with van der Waals surface area (Å²) in [4.78, 5) is 13.6. The summed E-state index contributed by atoms with van der Waals surface area (Å²) in [6, 6.07) is 7.04. The molecule has 0 radical (unpaired) electrons. The van der Waals surface area contributed by atoms with Gasteiger partial charge in [-0.2, -0.15) is 0 Å². The predicted molar refractivity (Wildman–Crippen MR) is 52.2 cm³/mol. The third-order valence-corrected chi connectivity index (χ3v) is 2.33. The number of hydrogen-bond donors (Lipinski definition) is 0. The van der Waals surface area contributed by atoms with Gasteiger partial charge in [0.15, 0.2) is 5.78 Å². The summed E-state index contributed by atoms with van der Waals surface area (Å²) < 4.78 is 0. The van der Waals surface area contributed by atoms with E-state index in [4.69, 9.17) is 11.6 Å². The minimum Gasteiger partial charge on any atom is -0.293 e. The molecule has 1 aromatic rings. The van der Waals surface area contributed by atoms with Crippen molar-refractivity contribution in [3.8, 4) is 0 Å². The molecule has 1 aliphatic rings. The van der Waals surface area contributed by atoms with Crippen molar-refractivity contribution in [1.82, 2.24) is 4.90 Å². The van der Waals surface area contributed by atoms with Crippen LogP contribution in [0.4, 0.5) is 0 Å². The Kier molecular flexibility index (Phi) is 2.34. The maximum Gasteiger partial charge on any atom is 0.176 e. The summed E-state index contributed by atoms with van der Waals surface area (Å²) in [6.07, 6.45) is 0. The highest BCUT2D eigenvalue weighted by molar-refractivity contribution is 6.30.